The van der Waals surface area contributed by atoms with Crippen molar-refractivity contribution in [1.82, 2.24) is 4.98 Å². The number of carbonyl (C=O) groups is 1. The number of esters is 1. The quantitative estimate of drug-likeness (QED) is 0.772. The molecule has 2 aliphatic rings. The Balaban J connectivity index is 2.69. The van der Waals surface area contributed by atoms with Gasteiger partial charge in [-0.05, 0) is 12.1 Å². The monoisotopic (exact) mass is 233 g/mol. The van der Waals surface area contributed by atoms with E-state index in [2.05, 4.69) is 4.98 Å². The molecule has 17 heavy (non-hydrogen) atoms. The molecule has 5 nitrogen and oxygen atoms in total. The minimum absolute atomic E-state index is 0.396. The lowest BCUT2D eigenvalue weighted by Gasteiger charge is -2.17. The molecule has 0 bridgehead atoms. The first-order chi connectivity index (χ1) is 8.06. The maximum atomic E-state index is 11.6. The highest BCUT2D eigenvalue weighted by molar-refractivity contribution is 6.05. The first kappa shape index (κ1) is 11.3. The molecule has 0 radical (unpaired) electrons. The van der Waals surface area contributed by atoms with Crippen molar-refractivity contribution in [2.75, 3.05) is 31.8 Å². The highest BCUT2D eigenvalue weighted by Gasteiger charge is 2.22. The summed E-state index contributed by atoms with van der Waals surface area (Å²) in [6.45, 7) is 0. The molecule has 5 heteroatoms. The average molecular weight is 233 g/mol. The van der Waals surface area contributed by atoms with Crippen LogP contribution in [0.25, 0.3) is 11.3 Å². The highest BCUT2D eigenvalue weighted by atomic mass is 16.5. The van der Waals surface area contributed by atoms with E-state index in [0.29, 0.717) is 11.3 Å². The van der Waals surface area contributed by atoms with Crippen LogP contribution in [0.1, 0.15) is 10.4 Å². The first-order valence-electron chi connectivity index (χ1n) is 5.21. The summed E-state index contributed by atoms with van der Waals surface area (Å²) >= 11 is 0. The number of carbonyl (C=O) groups excluding carboxylic acids is 1. The summed E-state index contributed by atoms with van der Waals surface area (Å²) in [5.41, 5.74) is 9.49. The van der Waals surface area contributed by atoms with Gasteiger partial charge in [-0.2, -0.15) is 0 Å². The Labute approximate surface area is 99.5 Å². The normalized spacial score (nSPS) is 10.5. The molecule has 0 spiro atoms. The van der Waals surface area contributed by atoms with Gasteiger partial charge in [-0.1, -0.05) is 0 Å². The van der Waals surface area contributed by atoms with Crippen molar-refractivity contribution in [2.24, 2.45) is 0 Å². The molecule has 0 saturated carbocycles. The standard InChI is InChI=1S/C12H15N3O2/c1-15(2)9-4-5-14-8-6-7(12(16)17-3)11(13)10(8)9/h4-6,14H,13H2,1-3H3. The summed E-state index contributed by atoms with van der Waals surface area (Å²) < 4.78 is 4.70. The molecule has 0 saturated heterocycles. The van der Waals surface area contributed by atoms with E-state index in [1.54, 1.807) is 6.07 Å². The predicted octanol–water partition coefficient (Wildman–Crippen LogP) is 1.55. The van der Waals surface area contributed by atoms with E-state index < -0.39 is 5.97 Å². The third kappa shape index (κ3) is 1.69. The molecule has 3 N–H and O–H groups in total. The number of hydrogen-bond donors (Lipinski definition) is 2. The molecule has 0 unspecified atom stereocenters. The number of hydrogen-bond acceptors (Lipinski definition) is 4. The van der Waals surface area contributed by atoms with Gasteiger partial charge in [0, 0.05) is 31.5 Å². The summed E-state index contributed by atoms with van der Waals surface area (Å²) in [4.78, 5) is 16.6. The summed E-state index contributed by atoms with van der Waals surface area (Å²) in [5.74, 6) is -0.420. The summed E-state index contributed by atoms with van der Waals surface area (Å²) in [7, 11) is 5.20. The number of nitrogens with zero attached hydrogens (tertiary/aromatic N) is 1. The minimum atomic E-state index is -0.420. The Morgan fingerprint density at radius 1 is 1.47 bits per heavy atom. The molecule has 0 atom stereocenters. The second kappa shape index (κ2) is 4.01. The topological polar surface area (TPSA) is 71.4 Å². The zero-order valence-corrected chi connectivity index (χ0v) is 10.1. The highest BCUT2D eigenvalue weighted by Crippen LogP contribution is 2.39. The Hall–Kier alpha value is -2.17. The lowest BCUT2D eigenvalue weighted by atomic mass is 10.1. The number of nitrogens with one attached hydrogen (secondary N) is 1. The van der Waals surface area contributed by atoms with Gasteiger partial charge in [0.1, 0.15) is 0 Å². The van der Waals surface area contributed by atoms with Crippen LogP contribution in [0.5, 0.6) is 0 Å². The van der Waals surface area contributed by atoms with Gasteiger partial charge in [-0.15, -0.1) is 0 Å². The minimum Gasteiger partial charge on any atom is -0.465 e. The Kier molecular flexibility index (Phi) is 2.67. The van der Waals surface area contributed by atoms with E-state index >= 15 is 0 Å². The maximum absolute atomic E-state index is 11.6. The first-order valence-corrected chi connectivity index (χ1v) is 5.21. The zero-order valence-electron chi connectivity index (χ0n) is 10.1. The molecule has 2 rings (SSSR count). The number of aromatic nitrogens is 1. The van der Waals surface area contributed by atoms with E-state index in [0.717, 1.165) is 16.9 Å². The molecule has 90 valence electrons. The van der Waals surface area contributed by atoms with Crippen LogP contribution in [-0.2, 0) is 4.74 Å². The van der Waals surface area contributed by atoms with E-state index in [1.165, 1.54) is 7.11 Å². The lowest BCUT2D eigenvalue weighted by molar-refractivity contribution is 0.0602. The number of methoxy groups -OCH3 is 1. The van der Waals surface area contributed by atoms with Crippen molar-refractivity contribution in [3.8, 4) is 11.3 Å². The van der Waals surface area contributed by atoms with Gasteiger partial charge in [-0.3, -0.25) is 0 Å². The second-order valence-corrected chi connectivity index (χ2v) is 4.01. The Morgan fingerprint density at radius 2 is 2.18 bits per heavy atom. The van der Waals surface area contributed by atoms with Gasteiger partial charge in [0.05, 0.1) is 24.1 Å². The fraction of sp³-hybridized carbons (Fsp3) is 0.250. The number of aromatic amines is 1. The van der Waals surface area contributed by atoms with Gasteiger partial charge in [-0.25, -0.2) is 4.79 Å². The van der Waals surface area contributed by atoms with Gasteiger partial charge < -0.3 is 20.4 Å². The number of nitrogen functional groups attached to an aromatic ring is 1. The van der Waals surface area contributed by atoms with Crippen LogP contribution in [0.2, 0.25) is 0 Å². The van der Waals surface area contributed by atoms with Gasteiger partial charge >= 0.3 is 5.97 Å². The van der Waals surface area contributed by atoms with Crippen molar-refractivity contribution in [2.45, 2.75) is 0 Å². The number of fused-ring (bicyclic) bond motifs is 1. The summed E-state index contributed by atoms with van der Waals surface area (Å²) in [6, 6.07) is 3.63. The van der Waals surface area contributed by atoms with Gasteiger partial charge in [0.15, 0.2) is 0 Å². The van der Waals surface area contributed by atoms with Crippen LogP contribution in [-0.4, -0.2) is 32.2 Å². The number of pyridine rings is 1. The molecular weight excluding hydrogens is 218 g/mol. The van der Waals surface area contributed by atoms with E-state index in [1.807, 2.05) is 31.3 Å². The molecule has 0 aromatic rings. The van der Waals surface area contributed by atoms with Crippen molar-refractivity contribution in [3.05, 3.63) is 23.9 Å². The number of nitrogens with two attached hydrogens (primary N) is 1. The van der Waals surface area contributed by atoms with Crippen LogP contribution in [0.15, 0.2) is 18.3 Å². The number of rotatable bonds is 2. The van der Waals surface area contributed by atoms with E-state index in [9.17, 15) is 4.79 Å². The van der Waals surface area contributed by atoms with Crippen molar-refractivity contribution in [1.29, 1.82) is 0 Å². The van der Waals surface area contributed by atoms with E-state index in [-0.39, 0.29) is 0 Å². The van der Waals surface area contributed by atoms with Crippen LogP contribution in [0.3, 0.4) is 0 Å². The van der Waals surface area contributed by atoms with Crippen LogP contribution < -0.4 is 10.6 Å². The predicted molar refractivity (Wildman–Crippen MR) is 67.5 cm³/mol. The maximum Gasteiger partial charge on any atom is 0.340 e. The van der Waals surface area contributed by atoms with Crippen molar-refractivity contribution >= 4 is 17.3 Å². The third-order valence-electron chi connectivity index (χ3n) is 2.74. The molecule has 0 aromatic heterocycles. The second-order valence-electron chi connectivity index (χ2n) is 4.01. The van der Waals surface area contributed by atoms with Gasteiger partial charge in [0.2, 0.25) is 0 Å². The largest absolute Gasteiger partial charge is 0.465 e. The molecule has 1 heterocycles. The van der Waals surface area contributed by atoms with Gasteiger partial charge in [0.25, 0.3) is 0 Å². The van der Waals surface area contributed by atoms with E-state index in [4.69, 9.17) is 10.5 Å². The third-order valence-corrected chi connectivity index (χ3v) is 2.74. The molecule has 0 fully saturated rings. The smallest absolute Gasteiger partial charge is 0.340 e. The number of H-pyrrole nitrogens is 1. The summed E-state index contributed by atoms with van der Waals surface area (Å²) in [5, 5.41) is 0. The van der Waals surface area contributed by atoms with Crippen molar-refractivity contribution in [3.63, 3.8) is 0 Å². The Bertz CT molecular complexity index is 531. The number of ether oxygens (including phenoxy) is 1. The molecule has 1 aliphatic heterocycles. The lowest BCUT2D eigenvalue weighted by Crippen LogP contribution is -2.11. The van der Waals surface area contributed by atoms with Crippen molar-refractivity contribution < 1.29 is 9.53 Å². The average Bonchev–Trinajstić information content (AvgIpc) is 2.66. The molecular formula is C12H15N3O2. The fourth-order valence-corrected chi connectivity index (χ4v) is 1.91. The molecule has 1 aliphatic carbocycles. The number of anilines is 2. The SMILES string of the molecule is COC(=O)c1cc2[nH]ccc(N(C)C)c-2c1N. The molecule has 0 amide bonds. The van der Waals surface area contributed by atoms with Crippen LogP contribution in [0.4, 0.5) is 11.4 Å². The Morgan fingerprint density at radius 3 is 2.76 bits per heavy atom. The zero-order chi connectivity index (χ0) is 12.6. The molecule has 0 aromatic carbocycles. The summed E-state index contributed by atoms with van der Waals surface area (Å²) in [6.07, 6.45) is 1.82. The van der Waals surface area contributed by atoms with Crippen LogP contribution in [0, 0.1) is 0 Å². The fourth-order valence-electron chi connectivity index (χ4n) is 1.91. The van der Waals surface area contributed by atoms with Crippen LogP contribution >= 0.6 is 0 Å².